The maximum absolute atomic E-state index is 11.2. The summed E-state index contributed by atoms with van der Waals surface area (Å²) in [6.45, 7) is 0.0187. The Balaban J connectivity index is 2.47. The molecule has 0 saturated heterocycles. The highest BCUT2D eigenvalue weighted by molar-refractivity contribution is 9.11. The van der Waals surface area contributed by atoms with Gasteiger partial charge in [-0.15, -0.1) is 0 Å². The molecule has 1 heterocycles. The Bertz CT molecular complexity index is 641. The van der Waals surface area contributed by atoms with Gasteiger partial charge in [-0.05, 0) is 47.0 Å². The van der Waals surface area contributed by atoms with Crippen LogP contribution in [0.2, 0.25) is 0 Å². The highest BCUT2D eigenvalue weighted by Gasteiger charge is 2.17. The van der Waals surface area contributed by atoms with E-state index in [1.165, 1.54) is 4.68 Å². The van der Waals surface area contributed by atoms with Crippen molar-refractivity contribution in [3.8, 4) is 5.69 Å². The lowest BCUT2D eigenvalue weighted by Crippen LogP contribution is -2.03. The number of hydrogen-bond donors (Lipinski definition) is 2. The van der Waals surface area contributed by atoms with Crippen LogP contribution >= 0.6 is 31.9 Å². The third kappa shape index (κ3) is 3.28. The molecule has 5 nitrogen and oxygen atoms in total. The topological polar surface area (TPSA) is 75.3 Å². The maximum atomic E-state index is 11.2. The van der Waals surface area contributed by atoms with E-state index >= 15 is 0 Å². The first-order valence-corrected chi connectivity index (χ1v) is 7.49. The Hall–Kier alpha value is -1.18. The number of aliphatic hydroxyl groups is 1. The van der Waals surface area contributed by atoms with Crippen molar-refractivity contribution in [2.75, 3.05) is 6.61 Å². The summed E-state index contributed by atoms with van der Waals surface area (Å²) in [7, 11) is 0. The lowest BCUT2D eigenvalue weighted by Gasteiger charge is -2.04. The lowest BCUT2D eigenvalue weighted by molar-refractivity contribution is 0.0688. The minimum absolute atomic E-state index is 0.0187. The first kappa shape index (κ1) is 15.2. The van der Waals surface area contributed by atoms with Gasteiger partial charge in [-0.1, -0.05) is 15.9 Å². The van der Waals surface area contributed by atoms with Gasteiger partial charge in [-0.3, -0.25) is 0 Å². The summed E-state index contributed by atoms with van der Waals surface area (Å²) in [6, 6.07) is 5.58. The van der Waals surface area contributed by atoms with E-state index in [2.05, 4.69) is 37.0 Å². The Kier molecular flexibility index (Phi) is 4.95. The number of aromatic nitrogens is 2. The number of aliphatic hydroxyl groups excluding tert-OH is 1. The van der Waals surface area contributed by atoms with Gasteiger partial charge in [0.05, 0.1) is 5.69 Å². The van der Waals surface area contributed by atoms with Crippen molar-refractivity contribution in [3.05, 3.63) is 44.6 Å². The molecule has 1 aromatic heterocycles. The molecule has 0 radical (unpaired) electrons. The predicted octanol–water partition coefficient (Wildman–Crippen LogP) is 3.02. The fourth-order valence-corrected chi connectivity index (χ4v) is 2.60. The van der Waals surface area contributed by atoms with Gasteiger partial charge < -0.3 is 10.2 Å². The lowest BCUT2D eigenvalue weighted by atomic mass is 10.1. The summed E-state index contributed by atoms with van der Waals surface area (Å²) in [5.74, 6) is -1.07. The Labute approximate surface area is 132 Å². The minimum atomic E-state index is -1.07. The molecule has 2 N–H and O–H groups in total. The maximum Gasteiger partial charge on any atom is 0.356 e. The van der Waals surface area contributed by atoms with Gasteiger partial charge in [0.1, 0.15) is 0 Å². The summed E-state index contributed by atoms with van der Waals surface area (Å²) < 4.78 is 3.22. The monoisotopic (exact) mass is 402 g/mol. The normalized spacial score (nSPS) is 10.8. The van der Waals surface area contributed by atoms with Gasteiger partial charge >= 0.3 is 5.97 Å². The molecule has 20 heavy (non-hydrogen) atoms. The van der Waals surface area contributed by atoms with Gasteiger partial charge in [-0.25, -0.2) is 9.48 Å². The van der Waals surface area contributed by atoms with E-state index in [-0.39, 0.29) is 12.3 Å². The van der Waals surface area contributed by atoms with E-state index in [0.29, 0.717) is 18.4 Å². The zero-order valence-electron chi connectivity index (χ0n) is 10.4. The number of halogens is 2. The first-order chi connectivity index (χ1) is 9.52. The average Bonchev–Trinajstić information content (AvgIpc) is 2.83. The molecular formula is C13H12Br2N2O3. The van der Waals surface area contributed by atoms with E-state index in [0.717, 1.165) is 14.6 Å². The molecule has 1 aromatic carbocycles. The van der Waals surface area contributed by atoms with E-state index < -0.39 is 5.97 Å². The number of carboxylic acid groups (broad SMARTS) is 1. The van der Waals surface area contributed by atoms with E-state index in [1.54, 1.807) is 6.20 Å². The standard InChI is InChI=1S/C13H12Br2N2O3/c14-9-3-4-10(15)11(6-9)17-7-8(2-1-5-18)12(16-17)13(19)20/h3-4,6-7,18H,1-2,5H2,(H,19,20). The van der Waals surface area contributed by atoms with Crippen LogP contribution in [-0.4, -0.2) is 32.6 Å². The van der Waals surface area contributed by atoms with Crippen molar-refractivity contribution in [1.82, 2.24) is 9.78 Å². The fraction of sp³-hybridized carbons (Fsp3) is 0.231. The molecule has 7 heteroatoms. The second-order valence-corrected chi connectivity index (χ2v) is 5.95. The summed E-state index contributed by atoms with van der Waals surface area (Å²) in [5.41, 5.74) is 1.38. The number of carboxylic acids is 1. The zero-order chi connectivity index (χ0) is 14.7. The highest BCUT2D eigenvalue weighted by atomic mass is 79.9. The van der Waals surface area contributed by atoms with Crippen LogP contribution < -0.4 is 0 Å². The summed E-state index contributed by atoms with van der Waals surface area (Å²) in [4.78, 5) is 11.2. The molecule has 2 aromatic rings. The summed E-state index contributed by atoms with van der Waals surface area (Å²) in [6.07, 6.45) is 2.67. The fourth-order valence-electron chi connectivity index (χ4n) is 1.83. The van der Waals surface area contributed by atoms with Crippen LogP contribution in [0, 0.1) is 0 Å². The SMILES string of the molecule is O=C(O)c1nn(-c2cc(Br)ccc2Br)cc1CCCO. The van der Waals surface area contributed by atoms with Gasteiger partial charge in [-0.2, -0.15) is 5.10 Å². The first-order valence-electron chi connectivity index (χ1n) is 5.91. The predicted molar refractivity (Wildman–Crippen MR) is 81.3 cm³/mol. The highest BCUT2D eigenvalue weighted by Crippen LogP contribution is 2.25. The molecule has 0 unspecified atom stereocenters. The van der Waals surface area contributed by atoms with Crippen molar-refractivity contribution < 1.29 is 15.0 Å². The summed E-state index contributed by atoms with van der Waals surface area (Å²) >= 11 is 6.80. The van der Waals surface area contributed by atoms with Crippen molar-refractivity contribution >= 4 is 37.8 Å². The second kappa shape index (κ2) is 6.51. The van der Waals surface area contributed by atoms with Gasteiger partial charge in [0.15, 0.2) is 5.69 Å². The number of benzene rings is 1. The van der Waals surface area contributed by atoms with Crippen LogP contribution in [0.4, 0.5) is 0 Å². The Morgan fingerprint density at radius 3 is 2.75 bits per heavy atom. The van der Waals surface area contributed by atoms with Crippen LogP contribution in [0.1, 0.15) is 22.5 Å². The molecule has 0 aliphatic carbocycles. The smallest absolute Gasteiger partial charge is 0.356 e. The van der Waals surface area contributed by atoms with Crippen LogP contribution in [0.25, 0.3) is 5.69 Å². The third-order valence-corrected chi connectivity index (χ3v) is 3.92. The number of hydrogen-bond acceptors (Lipinski definition) is 3. The van der Waals surface area contributed by atoms with Crippen LogP contribution in [0.15, 0.2) is 33.3 Å². The second-order valence-electron chi connectivity index (χ2n) is 4.18. The molecule has 0 amide bonds. The number of nitrogens with zero attached hydrogens (tertiary/aromatic N) is 2. The van der Waals surface area contributed by atoms with Crippen molar-refractivity contribution in [2.24, 2.45) is 0 Å². The minimum Gasteiger partial charge on any atom is -0.476 e. The van der Waals surface area contributed by atoms with Gasteiger partial charge in [0, 0.05) is 27.3 Å². The van der Waals surface area contributed by atoms with Crippen molar-refractivity contribution in [2.45, 2.75) is 12.8 Å². The van der Waals surface area contributed by atoms with Crippen molar-refractivity contribution in [3.63, 3.8) is 0 Å². The van der Waals surface area contributed by atoms with Crippen LogP contribution in [0.3, 0.4) is 0 Å². The molecule has 106 valence electrons. The number of carbonyl (C=O) groups is 1. The molecule has 2 rings (SSSR count). The largest absolute Gasteiger partial charge is 0.476 e. The molecule has 0 bridgehead atoms. The summed E-state index contributed by atoms with van der Waals surface area (Å²) in [5, 5.41) is 22.2. The zero-order valence-corrected chi connectivity index (χ0v) is 13.6. The molecule has 0 fully saturated rings. The van der Waals surface area contributed by atoms with Gasteiger partial charge in [0.2, 0.25) is 0 Å². The molecule has 0 aliphatic heterocycles. The molecule has 0 spiro atoms. The molecule has 0 atom stereocenters. The van der Waals surface area contributed by atoms with Crippen LogP contribution in [-0.2, 0) is 6.42 Å². The van der Waals surface area contributed by atoms with E-state index in [1.807, 2.05) is 18.2 Å². The van der Waals surface area contributed by atoms with Crippen molar-refractivity contribution in [1.29, 1.82) is 0 Å². The number of aryl methyl sites for hydroxylation is 1. The molecule has 0 aliphatic rings. The van der Waals surface area contributed by atoms with Gasteiger partial charge in [0.25, 0.3) is 0 Å². The number of rotatable bonds is 5. The number of aromatic carboxylic acids is 1. The molecule has 0 saturated carbocycles. The third-order valence-electron chi connectivity index (χ3n) is 2.75. The van der Waals surface area contributed by atoms with Crippen LogP contribution in [0.5, 0.6) is 0 Å². The Morgan fingerprint density at radius 1 is 1.35 bits per heavy atom. The molecular weight excluding hydrogens is 392 g/mol. The van der Waals surface area contributed by atoms with E-state index in [9.17, 15) is 9.90 Å². The Morgan fingerprint density at radius 2 is 2.10 bits per heavy atom. The van der Waals surface area contributed by atoms with E-state index in [4.69, 9.17) is 5.11 Å². The average molecular weight is 404 g/mol. The quantitative estimate of drug-likeness (QED) is 0.804.